The minimum Gasteiger partial charge on any atom is -0.349 e. The van der Waals surface area contributed by atoms with Crippen LogP contribution in [0.4, 0.5) is 5.69 Å². The van der Waals surface area contributed by atoms with E-state index in [1.54, 1.807) is 0 Å². The van der Waals surface area contributed by atoms with E-state index in [2.05, 4.69) is 10.0 Å². The number of carbonyl (C=O) groups excluding carboxylic acids is 1. The number of non-ortho nitro benzene ring substituents is 1. The van der Waals surface area contributed by atoms with Gasteiger partial charge in [0.2, 0.25) is 15.9 Å². The molecule has 1 unspecified atom stereocenters. The smallest absolute Gasteiger partial charge is 0.269 e. The topological polar surface area (TPSA) is 144 Å². The van der Waals surface area contributed by atoms with Gasteiger partial charge in [0.05, 0.1) is 15.4 Å². The Hall–Kier alpha value is -1.75. The normalized spacial score (nSPS) is 16.2. The molecule has 9 nitrogen and oxygen atoms in total. The van der Waals surface area contributed by atoms with Gasteiger partial charge in [0.15, 0.2) is 0 Å². The van der Waals surface area contributed by atoms with E-state index in [-0.39, 0.29) is 41.9 Å². The number of carbonyl (C=O) groups is 1. The van der Waals surface area contributed by atoms with Crippen LogP contribution in [0.5, 0.6) is 0 Å². The summed E-state index contributed by atoms with van der Waals surface area (Å²) in [5, 5.41) is 13.5. The van der Waals surface area contributed by atoms with E-state index in [9.17, 15) is 23.3 Å². The van der Waals surface area contributed by atoms with Gasteiger partial charge in [0.25, 0.3) is 5.69 Å². The van der Waals surface area contributed by atoms with Crippen LogP contribution in [0.3, 0.4) is 0 Å². The molecule has 1 amide bonds. The standard InChI is InChI=1S/C15H22N4O5S.ClH/c1-15(10-16,11-2-3-11)18-14(20)8-9-17-25(23,24)13-6-4-12(5-7-13)19(21)22;/h4-7,11,17H,2-3,8-10,16H2,1H3,(H,18,20);1H. The molecule has 1 fully saturated rings. The average molecular weight is 407 g/mol. The molecule has 0 aromatic heterocycles. The Labute approximate surface area is 158 Å². The number of halogens is 1. The van der Waals surface area contributed by atoms with Gasteiger partial charge in [0, 0.05) is 31.6 Å². The third-order valence-electron chi connectivity index (χ3n) is 4.33. The molecule has 2 rings (SSSR count). The maximum atomic E-state index is 12.1. The van der Waals surface area contributed by atoms with Crippen molar-refractivity contribution in [2.45, 2.75) is 36.6 Å². The van der Waals surface area contributed by atoms with Gasteiger partial charge in [0.1, 0.15) is 0 Å². The van der Waals surface area contributed by atoms with E-state index in [1.165, 1.54) is 0 Å². The number of hydrogen-bond donors (Lipinski definition) is 3. The highest BCUT2D eigenvalue weighted by Gasteiger charge is 2.41. The van der Waals surface area contributed by atoms with Crippen LogP contribution < -0.4 is 15.8 Å². The molecule has 26 heavy (non-hydrogen) atoms. The van der Waals surface area contributed by atoms with Crippen molar-refractivity contribution >= 4 is 34.0 Å². The summed E-state index contributed by atoms with van der Waals surface area (Å²) in [5.41, 5.74) is 5.08. The fraction of sp³-hybridized carbons (Fsp3) is 0.533. The first-order chi connectivity index (χ1) is 11.7. The molecule has 1 aliphatic rings. The Morgan fingerprint density at radius 2 is 1.92 bits per heavy atom. The Balaban J connectivity index is 0.00000338. The van der Waals surface area contributed by atoms with Crippen LogP contribution in [-0.2, 0) is 14.8 Å². The summed E-state index contributed by atoms with van der Waals surface area (Å²) in [5.74, 6) is 0.101. The second-order valence-corrected chi connectivity index (χ2v) is 8.11. The van der Waals surface area contributed by atoms with Gasteiger partial charge in [-0.3, -0.25) is 14.9 Å². The number of amides is 1. The predicted octanol–water partition coefficient (Wildman–Crippen LogP) is 0.929. The van der Waals surface area contributed by atoms with Crippen molar-refractivity contribution in [3.05, 3.63) is 34.4 Å². The van der Waals surface area contributed by atoms with Crippen molar-refractivity contribution < 1.29 is 18.1 Å². The van der Waals surface area contributed by atoms with Crippen LogP contribution in [0.1, 0.15) is 26.2 Å². The first-order valence-electron chi connectivity index (χ1n) is 7.93. The second kappa shape index (κ2) is 8.76. The summed E-state index contributed by atoms with van der Waals surface area (Å²) in [4.78, 5) is 21.9. The summed E-state index contributed by atoms with van der Waals surface area (Å²) in [7, 11) is -3.83. The highest BCUT2D eigenvalue weighted by Crippen LogP contribution is 2.38. The zero-order chi connectivity index (χ0) is 18.7. The number of hydrogen-bond acceptors (Lipinski definition) is 6. The SMILES string of the molecule is CC(CN)(NC(=O)CCNS(=O)(=O)c1ccc([N+](=O)[O-])cc1)C1CC1.Cl. The van der Waals surface area contributed by atoms with E-state index in [4.69, 9.17) is 5.73 Å². The minimum atomic E-state index is -3.83. The van der Waals surface area contributed by atoms with Gasteiger partial charge >= 0.3 is 0 Å². The Bertz CT molecular complexity index is 752. The van der Waals surface area contributed by atoms with E-state index < -0.39 is 20.5 Å². The second-order valence-electron chi connectivity index (χ2n) is 6.34. The van der Waals surface area contributed by atoms with Crippen molar-refractivity contribution in [3.63, 3.8) is 0 Å². The number of nitro benzene ring substituents is 1. The largest absolute Gasteiger partial charge is 0.349 e. The Morgan fingerprint density at radius 1 is 1.35 bits per heavy atom. The maximum Gasteiger partial charge on any atom is 0.269 e. The Kier molecular flexibility index (Phi) is 7.51. The van der Waals surface area contributed by atoms with Crippen LogP contribution in [0.2, 0.25) is 0 Å². The van der Waals surface area contributed by atoms with E-state index >= 15 is 0 Å². The van der Waals surface area contributed by atoms with Crippen LogP contribution in [0.25, 0.3) is 0 Å². The number of benzene rings is 1. The van der Waals surface area contributed by atoms with Crippen molar-refractivity contribution in [2.24, 2.45) is 11.7 Å². The molecule has 4 N–H and O–H groups in total. The molecule has 0 heterocycles. The number of nitrogens with one attached hydrogen (secondary N) is 2. The molecule has 1 aromatic carbocycles. The van der Waals surface area contributed by atoms with Crippen LogP contribution in [0, 0.1) is 16.0 Å². The molecule has 0 saturated heterocycles. The lowest BCUT2D eigenvalue weighted by Crippen LogP contribution is -2.53. The van der Waals surface area contributed by atoms with Crippen LogP contribution >= 0.6 is 12.4 Å². The van der Waals surface area contributed by atoms with Crippen molar-refractivity contribution in [1.29, 1.82) is 0 Å². The van der Waals surface area contributed by atoms with Crippen molar-refractivity contribution in [1.82, 2.24) is 10.0 Å². The van der Waals surface area contributed by atoms with E-state index in [0.29, 0.717) is 12.5 Å². The average Bonchev–Trinajstić information content (AvgIpc) is 3.40. The molecular weight excluding hydrogens is 384 g/mol. The van der Waals surface area contributed by atoms with Gasteiger partial charge in [-0.25, -0.2) is 13.1 Å². The highest BCUT2D eigenvalue weighted by molar-refractivity contribution is 7.89. The third-order valence-corrected chi connectivity index (χ3v) is 5.81. The monoisotopic (exact) mass is 406 g/mol. The number of rotatable bonds is 9. The minimum absolute atomic E-state index is 0. The molecule has 0 spiro atoms. The molecular formula is C15H23ClN4O5S. The molecule has 0 bridgehead atoms. The van der Waals surface area contributed by atoms with E-state index in [0.717, 1.165) is 37.1 Å². The summed E-state index contributed by atoms with van der Waals surface area (Å²) in [6.07, 6.45) is 2.04. The lowest BCUT2D eigenvalue weighted by atomic mass is 9.96. The van der Waals surface area contributed by atoms with Gasteiger partial charge in [-0.1, -0.05) is 0 Å². The van der Waals surface area contributed by atoms with Gasteiger partial charge in [-0.2, -0.15) is 0 Å². The highest BCUT2D eigenvalue weighted by atomic mass is 35.5. The quantitative estimate of drug-likeness (QED) is 0.411. The number of nitrogens with zero attached hydrogens (tertiary/aromatic N) is 1. The first-order valence-corrected chi connectivity index (χ1v) is 9.41. The van der Waals surface area contributed by atoms with Gasteiger partial charge < -0.3 is 11.1 Å². The van der Waals surface area contributed by atoms with Crippen molar-refractivity contribution in [2.75, 3.05) is 13.1 Å². The molecule has 1 aromatic rings. The molecule has 146 valence electrons. The predicted molar refractivity (Wildman–Crippen MR) is 98.5 cm³/mol. The van der Waals surface area contributed by atoms with Gasteiger partial charge in [-0.05, 0) is 37.8 Å². The third kappa shape index (κ3) is 5.63. The molecule has 0 radical (unpaired) electrons. The zero-order valence-corrected chi connectivity index (χ0v) is 15.9. The maximum absolute atomic E-state index is 12.1. The molecule has 1 aliphatic carbocycles. The lowest BCUT2D eigenvalue weighted by Gasteiger charge is -2.29. The summed E-state index contributed by atoms with van der Waals surface area (Å²) < 4.78 is 26.6. The number of sulfonamides is 1. The first kappa shape index (κ1) is 22.3. The Morgan fingerprint density at radius 3 is 2.38 bits per heavy atom. The fourth-order valence-electron chi connectivity index (χ4n) is 2.55. The summed E-state index contributed by atoms with van der Waals surface area (Å²) in [6, 6.07) is 4.53. The van der Waals surface area contributed by atoms with Crippen molar-refractivity contribution in [3.8, 4) is 0 Å². The molecule has 1 saturated carbocycles. The van der Waals surface area contributed by atoms with E-state index in [1.807, 2.05) is 6.92 Å². The molecule has 1 atom stereocenters. The molecule has 0 aliphatic heterocycles. The number of nitro groups is 1. The molecule has 11 heteroatoms. The fourth-order valence-corrected chi connectivity index (χ4v) is 3.58. The summed E-state index contributed by atoms with van der Waals surface area (Å²) >= 11 is 0. The van der Waals surface area contributed by atoms with Gasteiger partial charge in [-0.15, -0.1) is 12.4 Å². The van der Waals surface area contributed by atoms with Crippen LogP contribution in [0.15, 0.2) is 29.2 Å². The zero-order valence-electron chi connectivity index (χ0n) is 14.3. The summed E-state index contributed by atoms with van der Waals surface area (Å²) in [6.45, 7) is 2.15. The lowest BCUT2D eigenvalue weighted by molar-refractivity contribution is -0.384. The van der Waals surface area contributed by atoms with Crippen LogP contribution in [-0.4, -0.2) is 37.9 Å². The number of nitrogens with two attached hydrogens (primary N) is 1.